The third-order valence-corrected chi connectivity index (χ3v) is 1.73. The van der Waals surface area contributed by atoms with E-state index < -0.39 is 11.9 Å². The van der Waals surface area contributed by atoms with Gasteiger partial charge in [-0.05, 0) is 6.42 Å². The van der Waals surface area contributed by atoms with Crippen molar-refractivity contribution in [3.8, 4) is 0 Å². The van der Waals surface area contributed by atoms with Gasteiger partial charge < -0.3 is 10.8 Å². The van der Waals surface area contributed by atoms with Crippen molar-refractivity contribution in [3.63, 3.8) is 0 Å². The molecule has 0 aliphatic heterocycles. The number of aryl methyl sites for hydroxylation is 1. The molecule has 82 valence electrons. The van der Waals surface area contributed by atoms with Crippen molar-refractivity contribution in [2.24, 2.45) is 5.73 Å². The molecule has 3 N–H and O–H groups in total. The molecule has 7 heteroatoms. The van der Waals surface area contributed by atoms with Gasteiger partial charge in [0.1, 0.15) is 12.4 Å². The summed E-state index contributed by atoms with van der Waals surface area (Å²) in [5.41, 5.74) is 5.00. The number of nitrogens with two attached hydrogens (primary N) is 1. The molecule has 0 bridgehead atoms. The summed E-state index contributed by atoms with van der Waals surface area (Å²) in [5, 5.41) is 12.3. The number of primary amides is 1. The molecule has 0 atom stereocenters. The van der Waals surface area contributed by atoms with Crippen molar-refractivity contribution >= 4 is 11.9 Å². The molecular formula is C8H12N4O3. The Bertz CT molecular complexity index is 385. The highest BCUT2D eigenvalue weighted by molar-refractivity contribution is 5.88. The topological polar surface area (TPSA) is 111 Å². The van der Waals surface area contributed by atoms with Gasteiger partial charge in [-0.15, -0.1) is 5.10 Å². The molecule has 0 spiro atoms. The molecule has 0 aromatic carbocycles. The lowest BCUT2D eigenvalue weighted by molar-refractivity contribution is -0.137. The number of aliphatic carboxylic acids is 1. The first-order chi connectivity index (χ1) is 7.04. The van der Waals surface area contributed by atoms with Crippen molar-refractivity contribution in [1.82, 2.24) is 14.8 Å². The van der Waals surface area contributed by atoms with Gasteiger partial charge in [-0.2, -0.15) is 0 Å². The van der Waals surface area contributed by atoms with E-state index in [2.05, 4.69) is 10.1 Å². The number of carboxylic acids is 1. The fourth-order valence-electron chi connectivity index (χ4n) is 1.14. The first-order valence-corrected chi connectivity index (χ1v) is 4.50. The van der Waals surface area contributed by atoms with Crippen LogP contribution in [0, 0.1) is 0 Å². The van der Waals surface area contributed by atoms with Crippen LogP contribution in [0.5, 0.6) is 0 Å². The number of hydrogen-bond acceptors (Lipinski definition) is 4. The van der Waals surface area contributed by atoms with E-state index in [1.54, 1.807) is 0 Å². The third-order valence-electron chi connectivity index (χ3n) is 1.73. The molecule has 0 unspecified atom stereocenters. The molecule has 7 nitrogen and oxygen atoms in total. The highest BCUT2D eigenvalue weighted by Gasteiger charge is 2.14. The number of amides is 1. The Morgan fingerprint density at radius 2 is 2.20 bits per heavy atom. The van der Waals surface area contributed by atoms with Crippen LogP contribution in [0.3, 0.4) is 0 Å². The monoisotopic (exact) mass is 212 g/mol. The van der Waals surface area contributed by atoms with Gasteiger partial charge in [0.05, 0.1) is 0 Å². The number of nitrogens with zero attached hydrogens (tertiary/aromatic N) is 3. The van der Waals surface area contributed by atoms with E-state index in [9.17, 15) is 9.59 Å². The van der Waals surface area contributed by atoms with Gasteiger partial charge in [0.25, 0.3) is 5.91 Å². The van der Waals surface area contributed by atoms with E-state index in [0.29, 0.717) is 12.2 Å². The van der Waals surface area contributed by atoms with Crippen LogP contribution in [-0.2, 0) is 17.8 Å². The molecule has 0 aliphatic carbocycles. The first-order valence-electron chi connectivity index (χ1n) is 4.50. The molecule has 0 saturated carbocycles. The summed E-state index contributed by atoms with van der Waals surface area (Å²) < 4.78 is 1.19. The average molecular weight is 212 g/mol. The Hall–Kier alpha value is -1.92. The Morgan fingerprint density at radius 3 is 2.67 bits per heavy atom. The van der Waals surface area contributed by atoms with E-state index >= 15 is 0 Å². The zero-order chi connectivity index (χ0) is 11.4. The van der Waals surface area contributed by atoms with Gasteiger partial charge in [-0.25, -0.2) is 9.67 Å². The molecule has 1 aromatic heterocycles. The van der Waals surface area contributed by atoms with E-state index in [-0.39, 0.29) is 12.4 Å². The second kappa shape index (κ2) is 4.54. The van der Waals surface area contributed by atoms with Gasteiger partial charge in [0, 0.05) is 6.42 Å². The van der Waals surface area contributed by atoms with Gasteiger partial charge in [0.15, 0.2) is 0 Å². The number of hydrogen-bond donors (Lipinski definition) is 2. The standard InChI is InChI=1S/C8H12N4O3/c1-2-3-5-10-8(7(9)15)11-12(5)4-6(13)14/h2-4H2,1H3,(H2,9,15)(H,13,14). The molecule has 0 radical (unpaired) electrons. The zero-order valence-corrected chi connectivity index (χ0v) is 8.30. The quantitative estimate of drug-likeness (QED) is 0.677. The molecule has 0 fully saturated rings. The van der Waals surface area contributed by atoms with Crippen LogP contribution < -0.4 is 5.73 Å². The summed E-state index contributed by atoms with van der Waals surface area (Å²) >= 11 is 0. The Labute approximate surface area is 85.9 Å². The van der Waals surface area contributed by atoms with E-state index in [1.807, 2.05) is 6.92 Å². The molecular weight excluding hydrogens is 200 g/mol. The molecule has 1 amide bonds. The minimum Gasteiger partial charge on any atom is -0.480 e. The second-order valence-corrected chi connectivity index (χ2v) is 3.02. The minimum atomic E-state index is -1.03. The van der Waals surface area contributed by atoms with Gasteiger partial charge in [-0.1, -0.05) is 6.92 Å². The number of carbonyl (C=O) groups excluding carboxylic acids is 1. The maximum absolute atomic E-state index is 10.8. The summed E-state index contributed by atoms with van der Waals surface area (Å²) in [6, 6.07) is 0. The molecule has 0 aliphatic rings. The zero-order valence-electron chi connectivity index (χ0n) is 8.30. The largest absolute Gasteiger partial charge is 0.480 e. The maximum Gasteiger partial charge on any atom is 0.325 e. The number of aromatic nitrogens is 3. The molecule has 1 heterocycles. The Kier molecular flexibility index (Phi) is 3.37. The first kappa shape index (κ1) is 11.2. The lowest BCUT2D eigenvalue weighted by atomic mass is 10.3. The maximum atomic E-state index is 10.8. The van der Waals surface area contributed by atoms with Crippen molar-refractivity contribution in [2.45, 2.75) is 26.3 Å². The lowest BCUT2D eigenvalue weighted by Gasteiger charge is -1.99. The SMILES string of the molecule is CCCc1nc(C(N)=O)nn1CC(=O)O. The number of carbonyl (C=O) groups is 2. The fourth-order valence-corrected chi connectivity index (χ4v) is 1.14. The summed E-state index contributed by atoms with van der Waals surface area (Å²) in [4.78, 5) is 25.2. The van der Waals surface area contributed by atoms with Crippen LogP contribution in [0.4, 0.5) is 0 Å². The number of carboxylic acid groups (broad SMARTS) is 1. The fraction of sp³-hybridized carbons (Fsp3) is 0.500. The Balaban J connectivity index is 2.99. The average Bonchev–Trinajstić information content (AvgIpc) is 2.48. The van der Waals surface area contributed by atoms with Gasteiger partial charge in [-0.3, -0.25) is 9.59 Å². The predicted molar refractivity (Wildman–Crippen MR) is 50.2 cm³/mol. The van der Waals surface area contributed by atoms with Crippen molar-refractivity contribution in [3.05, 3.63) is 11.6 Å². The van der Waals surface area contributed by atoms with Crippen LogP contribution in [0.15, 0.2) is 0 Å². The molecule has 1 aromatic rings. The van der Waals surface area contributed by atoms with Crippen molar-refractivity contribution < 1.29 is 14.7 Å². The minimum absolute atomic E-state index is 0.139. The van der Waals surface area contributed by atoms with Crippen LogP contribution in [0.25, 0.3) is 0 Å². The molecule has 1 rings (SSSR count). The smallest absolute Gasteiger partial charge is 0.325 e. The molecule has 0 saturated heterocycles. The second-order valence-electron chi connectivity index (χ2n) is 3.02. The summed E-state index contributed by atoms with van der Waals surface area (Å²) in [5.74, 6) is -1.46. The highest BCUT2D eigenvalue weighted by atomic mass is 16.4. The van der Waals surface area contributed by atoms with E-state index in [1.165, 1.54) is 4.68 Å². The highest BCUT2D eigenvalue weighted by Crippen LogP contribution is 2.02. The number of rotatable bonds is 5. The van der Waals surface area contributed by atoms with Crippen LogP contribution in [-0.4, -0.2) is 31.7 Å². The summed E-state index contributed by atoms with van der Waals surface area (Å²) in [6.07, 6.45) is 1.35. The summed E-state index contributed by atoms with van der Waals surface area (Å²) in [7, 11) is 0. The van der Waals surface area contributed by atoms with E-state index in [4.69, 9.17) is 10.8 Å². The third kappa shape index (κ3) is 2.76. The summed E-state index contributed by atoms with van der Waals surface area (Å²) in [6.45, 7) is 1.61. The van der Waals surface area contributed by atoms with Gasteiger partial charge in [0.2, 0.25) is 5.82 Å². The van der Waals surface area contributed by atoms with Crippen LogP contribution >= 0.6 is 0 Å². The van der Waals surface area contributed by atoms with Crippen molar-refractivity contribution in [1.29, 1.82) is 0 Å². The van der Waals surface area contributed by atoms with Crippen LogP contribution in [0.1, 0.15) is 29.8 Å². The van der Waals surface area contributed by atoms with E-state index in [0.717, 1.165) is 6.42 Å². The van der Waals surface area contributed by atoms with Gasteiger partial charge >= 0.3 is 5.97 Å². The van der Waals surface area contributed by atoms with Crippen LogP contribution in [0.2, 0.25) is 0 Å². The molecule has 15 heavy (non-hydrogen) atoms. The normalized spacial score (nSPS) is 10.2. The Morgan fingerprint density at radius 1 is 1.53 bits per heavy atom. The predicted octanol–water partition coefficient (Wildman–Crippen LogP) is -0.586. The van der Waals surface area contributed by atoms with Crippen molar-refractivity contribution in [2.75, 3.05) is 0 Å². The lowest BCUT2D eigenvalue weighted by Crippen LogP contribution is -2.15.